The molecule has 12 heavy (non-hydrogen) atoms. The summed E-state index contributed by atoms with van der Waals surface area (Å²) in [5, 5.41) is 4.32. The molecule has 0 N–H and O–H groups in total. The van der Waals surface area contributed by atoms with E-state index in [2.05, 4.69) is 35.7 Å². The average molecular weight is 185 g/mol. The first-order valence-electron chi connectivity index (χ1n) is 4.52. The molecule has 0 aliphatic heterocycles. The summed E-state index contributed by atoms with van der Waals surface area (Å²) in [5.41, 5.74) is 1.43. The van der Waals surface area contributed by atoms with Gasteiger partial charge in [-0.15, -0.1) is 0 Å². The summed E-state index contributed by atoms with van der Waals surface area (Å²) in [6.07, 6.45) is 0. The zero-order valence-electron chi connectivity index (χ0n) is 8.50. The molecule has 0 spiro atoms. The minimum atomic E-state index is 1.08. The number of nitrogens with zero attached hydrogens (tertiary/aromatic N) is 1. The lowest BCUT2D eigenvalue weighted by Gasteiger charge is -2.11. The molecule has 0 atom stereocenters. The Morgan fingerprint density at radius 2 is 2.08 bits per heavy atom. The molecular formula is C10H19NS. The molecule has 0 radical (unpaired) electrons. The predicted molar refractivity (Wildman–Crippen MR) is 57.7 cm³/mol. The van der Waals surface area contributed by atoms with Crippen LogP contribution in [0, 0.1) is 0 Å². The van der Waals surface area contributed by atoms with Gasteiger partial charge in [0, 0.05) is 6.54 Å². The Labute approximate surface area is 80.0 Å². The van der Waals surface area contributed by atoms with Gasteiger partial charge in [-0.3, -0.25) is 0 Å². The standard InChI is InChI=1S/C8H13NS.C2H6/c1-3-9(2)6-8-4-5-10-7-8;1-2/h4-5,7H,3,6H2,1-2H3;1-2H3. The average Bonchev–Trinajstić information content (AvgIpc) is 2.60. The van der Waals surface area contributed by atoms with Gasteiger partial charge >= 0.3 is 0 Å². The van der Waals surface area contributed by atoms with E-state index in [0.717, 1.165) is 13.1 Å². The van der Waals surface area contributed by atoms with Gasteiger partial charge < -0.3 is 4.90 Å². The minimum absolute atomic E-state index is 1.08. The van der Waals surface area contributed by atoms with Gasteiger partial charge in [-0.25, -0.2) is 0 Å². The molecule has 0 aliphatic rings. The zero-order chi connectivity index (χ0) is 9.40. The van der Waals surface area contributed by atoms with E-state index < -0.39 is 0 Å². The Kier molecular flexibility index (Phi) is 7.11. The highest BCUT2D eigenvalue weighted by atomic mass is 32.1. The highest BCUT2D eigenvalue weighted by Gasteiger charge is 1.95. The first-order chi connectivity index (χ1) is 5.83. The van der Waals surface area contributed by atoms with Crippen molar-refractivity contribution >= 4 is 11.3 Å². The van der Waals surface area contributed by atoms with Gasteiger partial charge in [-0.05, 0) is 36.0 Å². The fourth-order valence-electron chi connectivity index (χ4n) is 0.806. The smallest absolute Gasteiger partial charge is 0.0238 e. The van der Waals surface area contributed by atoms with E-state index in [4.69, 9.17) is 0 Å². The van der Waals surface area contributed by atoms with Crippen LogP contribution < -0.4 is 0 Å². The van der Waals surface area contributed by atoms with Crippen LogP contribution in [0.25, 0.3) is 0 Å². The summed E-state index contributed by atoms with van der Waals surface area (Å²) in [5.74, 6) is 0. The molecule has 70 valence electrons. The highest BCUT2D eigenvalue weighted by molar-refractivity contribution is 7.07. The van der Waals surface area contributed by atoms with Crippen LogP contribution in [0.15, 0.2) is 16.8 Å². The third-order valence-electron chi connectivity index (χ3n) is 1.57. The van der Waals surface area contributed by atoms with Gasteiger partial charge in [0.1, 0.15) is 0 Å². The second-order valence-corrected chi connectivity index (χ2v) is 3.24. The van der Waals surface area contributed by atoms with Gasteiger partial charge in [0.05, 0.1) is 0 Å². The van der Waals surface area contributed by atoms with Crippen molar-refractivity contribution < 1.29 is 0 Å². The Hall–Kier alpha value is -0.340. The van der Waals surface area contributed by atoms with E-state index in [0.29, 0.717) is 0 Å². The molecule has 1 rings (SSSR count). The predicted octanol–water partition coefficient (Wildman–Crippen LogP) is 3.23. The second-order valence-electron chi connectivity index (χ2n) is 2.46. The monoisotopic (exact) mass is 185 g/mol. The Bertz CT molecular complexity index is 170. The molecule has 1 heterocycles. The maximum atomic E-state index is 2.29. The van der Waals surface area contributed by atoms with Crippen LogP contribution in [0.1, 0.15) is 26.3 Å². The molecule has 0 bridgehead atoms. The summed E-state index contributed by atoms with van der Waals surface area (Å²) in [6, 6.07) is 2.18. The van der Waals surface area contributed by atoms with Gasteiger partial charge in [-0.2, -0.15) is 11.3 Å². The molecule has 0 fully saturated rings. The zero-order valence-corrected chi connectivity index (χ0v) is 9.32. The fraction of sp³-hybridized carbons (Fsp3) is 0.600. The summed E-state index contributed by atoms with van der Waals surface area (Å²) in [7, 11) is 2.14. The van der Waals surface area contributed by atoms with Crippen LogP contribution >= 0.6 is 11.3 Å². The lowest BCUT2D eigenvalue weighted by molar-refractivity contribution is 0.346. The van der Waals surface area contributed by atoms with E-state index in [9.17, 15) is 0 Å². The Morgan fingerprint density at radius 3 is 2.50 bits per heavy atom. The molecule has 0 saturated carbocycles. The van der Waals surface area contributed by atoms with Crippen LogP contribution in [-0.4, -0.2) is 18.5 Å². The summed E-state index contributed by atoms with van der Waals surface area (Å²) in [6.45, 7) is 8.38. The fourth-order valence-corrected chi connectivity index (χ4v) is 1.47. The first kappa shape index (κ1) is 11.7. The van der Waals surface area contributed by atoms with E-state index in [1.165, 1.54) is 5.56 Å². The maximum Gasteiger partial charge on any atom is 0.0238 e. The normalized spacial score (nSPS) is 9.42. The van der Waals surface area contributed by atoms with Gasteiger partial charge in [0.15, 0.2) is 0 Å². The van der Waals surface area contributed by atoms with Crippen molar-refractivity contribution in [3.63, 3.8) is 0 Å². The third-order valence-corrected chi connectivity index (χ3v) is 2.30. The lowest BCUT2D eigenvalue weighted by Crippen LogP contribution is -2.15. The number of hydrogen-bond donors (Lipinski definition) is 0. The van der Waals surface area contributed by atoms with Crippen molar-refractivity contribution in [2.45, 2.75) is 27.3 Å². The van der Waals surface area contributed by atoms with Gasteiger partial charge in [-0.1, -0.05) is 20.8 Å². The molecule has 0 saturated heterocycles. The molecule has 2 heteroatoms. The van der Waals surface area contributed by atoms with Crippen molar-refractivity contribution in [2.24, 2.45) is 0 Å². The van der Waals surface area contributed by atoms with Gasteiger partial charge in [0.25, 0.3) is 0 Å². The van der Waals surface area contributed by atoms with E-state index in [1.54, 1.807) is 11.3 Å². The number of rotatable bonds is 3. The largest absolute Gasteiger partial charge is 0.302 e. The van der Waals surface area contributed by atoms with E-state index in [-0.39, 0.29) is 0 Å². The van der Waals surface area contributed by atoms with Crippen molar-refractivity contribution in [3.8, 4) is 0 Å². The lowest BCUT2D eigenvalue weighted by atomic mass is 10.3. The highest BCUT2D eigenvalue weighted by Crippen LogP contribution is 2.07. The second kappa shape index (κ2) is 7.32. The topological polar surface area (TPSA) is 3.24 Å². The third kappa shape index (κ3) is 4.52. The summed E-state index contributed by atoms with van der Waals surface area (Å²) in [4.78, 5) is 2.29. The molecule has 0 unspecified atom stereocenters. The van der Waals surface area contributed by atoms with Gasteiger partial charge in [0.2, 0.25) is 0 Å². The summed E-state index contributed by atoms with van der Waals surface area (Å²) >= 11 is 1.77. The Balaban J connectivity index is 0.000000561. The Morgan fingerprint density at radius 1 is 1.42 bits per heavy atom. The molecule has 1 aromatic heterocycles. The van der Waals surface area contributed by atoms with Crippen molar-refractivity contribution in [2.75, 3.05) is 13.6 Å². The number of hydrogen-bond acceptors (Lipinski definition) is 2. The van der Waals surface area contributed by atoms with Crippen molar-refractivity contribution in [1.29, 1.82) is 0 Å². The van der Waals surface area contributed by atoms with Crippen LogP contribution in [0.5, 0.6) is 0 Å². The SMILES string of the molecule is CC.CCN(C)Cc1ccsc1. The molecule has 0 aromatic carbocycles. The molecule has 0 amide bonds. The van der Waals surface area contributed by atoms with E-state index in [1.807, 2.05) is 13.8 Å². The van der Waals surface area contributed by atoms with Crippen LogP contribution in [0.2, 0.25) is 0 Å². The molecule has 0 aliphatic carbocycles. The van der Waals surface area contributed by atoms with Crippen LogP contribution in [0.3, 0.4) is 0 Å². The van der Waals surface area contributed by atoms with Crippen molar-refractivity contribution in [3.05, 3.63) is 22.4 Å². The minimum Gasteiger partial charge on any atom is -0.302 e. The van der Waals surface area contributed by atoms with Crippen molar-refractivity contribution in [1.82, 2.24) is 4.90 Å². The molecule has 1 nitrogen and oxygen atoms in total. The maximum absolute atomic E-state index is 2.29. The quantitative estimate of drug-likeness (QED) is 0.699. The van der Waals surface area contributed by atoms with Crippen LogP contribution in [0.4, 0.5) is 0 Å². The summed E-state index contributed by atoms with van der Waals surface area (Å²) < 4.78 is 0. The molecule has 1 aromatic rings. The molecular weight excluding hydrogens is 166 g/mol. The van der Waals surface area contributed by atoms with Crippen LogP contribution in [-0.2, 0) is 6.54 Å². The van der Waals surface area contributed by atoms with E-state index >= 15 is 0 Å². The first-order valence-corrected chi connectivity index (χ1v) is 5.47. The number of thiophene rings is 1.